The fraction of sp³-hybridized carbons (Fsp3) is 0.360. The van der Waals surface area contributed by atoms with Gasteiger partial charge in [-0.2, -0.15) is 17.5 Å². The number of nitrogens with zero attached hydrogens (tertiary/aromatic N) is 3. The van der Waals surface area contributed by atoms with Crippen molar-refractivity contribution in [2.24, 2.45) is 5.92 Å². The van der Waals surface area contributed by atoms with Crippen molar-refractivity contribution < 1.29 is 34.8 Å². The molecular formula is C25H28F3N5O5S2. The molecule has 0 radical (unpaired) electrons. The smallest absolute Gasteiger partial charge is 0.354 e. The summed E-state index contributed by atoms with van der Waals surface area (Å²) in [7, 11) is -7.36. The van der Waals surface area contributed by atoms with E-state index in [0.717, 1.165) is 17.5 Å². The third-order valence-electron chi connectivity index (χ3n) is 6.59. The first-order chi connectivity index (χ1) is 18.8. The predicted octanol–water partition coefficient (Wildman–Crippen LogP) is 2.49. The molecule has 0 bridgehead atoms. The minimum atomic E-state index is -4.46. The molecule has 0 aliphatic carbocycles. The molecule has 0 unspecified atom stereocenters. The molecule has 2 N–H and O–H groups in total. The van der Waals surface area contributed by atoms with E-state index in [1.54, 1.807) is 16.7 Å². The van der Waals surface area contributed by atoms with Gasteiger partial charge in [-0.05, 0) is 48.2 Å². The first-order valence-corrected chi connectivity index (χ1v) is 15.3. The highest BCUT2D eigenvalue weighted by atomic mass is 32.2. The first-order valence-electron chi connectivity index (χ1n) is 12.3. The molecule has 15 heteroatoms. The number of amides is 1. The van der Waals surface area contributed by atoms with Gasteiger partial charge in [-0.1, -0.05) is 18.7 Å². The Kier molecular flexibility index (Phi) is 8.68. The Labute approximate surface area is 230 Å². The number of carbonyl (C=O) groups is 1. The Hall–Kier alpha value is -3.27. The van der Waals surface area contributed by atoms with Crippen molar-refractivity contribution in [1.29, 1.82) is 0 Å². The van der Waals surface area contributed by atoms with Gasteiger partial charge in [0, 0.05) is 38.1 Å². The van der Waals surface area contributed by atoms with Gasteiger partial charge in [0.05, 0.1) is 34.2 Å². The van der Waals surface area contributed by atoms with Crippen LogP contribution >= 0.6 is 0 Å². The molecule has 1 fully saturated rings. The Morgan fingerprint density at radius 1 is 1.12 bits per heavy atom. The fourth-order valence-corrected chi connectivity index (χ4v) is 6.50. The molecule has 40 heavy (non-hydrogen) atoms. The van der Waals surface area contributed by atoms with E-state index in [4.69, 9.17) is 0 Å². The summed E-state index contributed by atoms with van der Waals surface area (Å²) in [5.74, 6) is -0.464. The zero-order chi connectivity index (χ0) is 29.1. The van der Waals surface area contributed by atoms with Crippen LogP contribution in [0.4, 0.5) is 13.2 Å². The van der Waals surface area contributed by atoms with Crippen molar-refractivity contribution in [1.82, 2.24) is 23.9 Å². The lowest BCUT2D eigenvalue weighted by atomic mass is 10.1. The highest BCUT2D eigenvalue weighted by molar-refractivity contribution is 7.92. The maximum atomic E-state index is 13.0. The van der Waals surface area contributed by atoms with Gasteiger partial charge in [-0.3, -0.25) is 4.79 Å². The summed E-state index contributed by atoms with van der Waals surface area (Å²) in [4.78, 5) is 16.5. The van der Waals surface area contributed by atoms with Gasteiger partial charge in [0.25, 0.3) is 0 Å². The molecule has 2 heterocycles. The average Bonchev–Trinajstić information content (AvgIpc) is 3.55. The fourth-order valence-electron chi connectivity index (χ4n) is 4.39. The van der Waals surface area contributed by atoms with E-state index >= 15 is 0 Å². The maximum absolute atomic E-state index is 13.0. The molecule has 216 valence electrons. The van der Waals surface area contributed by atoms with Gasteiger partial charge < -0.3 is 9.88 Å². The van der Waals surface area contributed by atoms with Crippen LogP contribution in [0.2, 0.25) is 0 Å². The van der Waals surface area contributed by atoms with Crippen LogP contribution in [0.15, 0.2) is 65.7 Å². The molecule has 0 saturated carbocycles. The minimum Gasteiger partial charge on any atom is -0.354 e. The molecule has 1 aromatic heterocycles. The molecule has 0 spiro atoms. The molecule has 10 nitrogen and oxygen atoms in total. The topological polar surface area (TPSA) is 130 Å². The molecule has 1 saturated heterocycles. The van der Waals surface area contributed by atoms with E-state index in [1.165, 1.54) is 28.8 Å². The Balaban J connectivity index is 1.27. The van der Waals surface area contributed by atoms with Gasteiger partial charge in [-0.25, -0.2) is 26.5 Å². The number of hydrogen-bond acceptors (Lipinski definition) is 6. The minimum absolute atomic E-state index is 0.00911. The van der Waals surface area contributed by atoms with Crippen molar-refractivity contribution in [2.75, 3.05) is 26.2 Å². The second kappa shape index (κ2) is 11.7. The van der Waals surface area contributed by atoms with Crippen LogP contribution in [0, 0.1) is 5.92 Å². The van der Waals surface area contributed by atoms with E-state index in [9.17, 15) is 34.8 Å². The summed E-state index contributed by atoms with van der Waals surface area (Å²) in [6, 6.07) is 9.27. The van der Waals surface area contributed by atoms with Crippen LogP contribution in [0.1, 0.15) is 17.5 Å². The second-order valence-electron chi connectivity index (χ2n) is 9.39. The monoisotopic (exact) mass is 599 g/mol. The standard InChI is InChI=1S/C25H28F3N5O5S2/c1-2-39(35,36)31-15-19-9-11-33(16-19)40(37,38)21-6-3-18(4-7-21)13-24(34)29-10-12-32-17-30-22-14-20(25(26,27)28)5-8-23(22)32/h2-8,14,17,19,31H,1,9-13,15-16H2,(H,29,34)/t19-/m1/s1. The Morgan fingerprint density at radius 2 is 1.85 bits per heavy atom. The number of carbonyl (C=O) groups excluding carboxylic acids is 1. The number of nitrogens with one attached hydrogen (secondary N) is 2. The lowest BCUT2D eigenvalue weighted by Gasteiger charge is -2.17. The van der Waals surface area contributed by atoms with E-state index in [1.807, 2.05) is 0 Å². The third-order valence-corrected chi connectivity index (χ3v) is 9.48. The highest BCUT2D eigenvalue weighted by Gasteiger charge is 2.33. The normalized spacial score (nSPS) is 16.8. The summed E-state index contributed by atoms with van der Waals surface area (Å²) < 4.78 is 93.1. The van der Waals surface area contributed by atoms with Crippen molar-refractivity contribution in [3.05, 3.63) is 71.9 Å². The van der Waals surface area contributed by atoms with Crippen LogP contribution in [0.5, 0.6) is 0 Å². The number of fused-ring (bicyclic) bond motifs is 1. The van der Waals surface area contributed by atoms with Crippen molar-refractivity contribution in [2.45, 2.75) is 30.5 Å². The molecule has 3 aromatic rings. The maximum Gasteiger partial charge on any atom is 0.416 e. The summed E-state index contributed by atoms with van der Waals surface area (Å²) in [6.45, 7) is 4.31. The van der Waals surface area contributed by atoms with E-state index in [-0.39, 0.29) is 54.8 Å². The highest BCUT2D eigenvalue weighted by Crippen LogP contribution is 2.31. The van der Waals surface area contributed by atoms with Gasteiger partial charge in [-0.15, -0.1) is 0 Å². The number of alkyl halides is 3. The summed E-state index contributed by atoms with van der Waals surface area (Å²) in [6.07, 6.45) is -2.52. The molecular weight excluding hydrogens is 571 g/mol. The van der Waals surface area contributed by atoms with Crippen molar-refractivity contribution in [3.8, 4) is 0 Å². The number of aromatic nitrogens is 2. The van der Waals surface area contributed by atoms with Gasteiger partial charge in [0.1, 0.15) is 0 Å². The van der Waals surface area contributed by atoms with Crippen LogP contribution in [0.25, 0.3) is 11.0 Å². The number of imidazole rings is 1. The molecule has 1 aliphatic heterocycles. The Morgan fingerprint density at radius 3 is 2.52 bits per heavy atom. The second-order valence-corrected chi connectivity index (χ2v) is 13.0. The quantitative estimate of drug-likeness (QED) is 0.348. The van der Waals surface area contributed by atoms with Crippen LogP contribution < -0.4 is 10.0 Å². The number of rotatable bonds is 11. The van der Waals surface area contributed by atoms with E-state index in [2.05, 4.69) is 21.6 Å². The van der Waals surface area contributed by atoms with Crippen molar-refractivity contribution >= 4 is 37.0 Å². The van der Waals surface area contributed by atoms with Crippen LogP contribution in [-0.4, -0.2) is 62.8 Å². The summed E-state index contributed by atoms with van der Waals surface area (Å²) in [5.41, 5.74) is 0.540. The lowest BCUT2D eigenvalue weighted by molar-refractivity contribution is -0.137. The van der Waals surface area contributed by atoms with Crippen molar-refractivity contribution in [3.63, 3.8) is 0 Å². The third kappa shape index (κ3) is 7.08. The Bertz CT molecular complexity index is 1600. The summed E-state index contributed by atoms with van der Waals surface area (Å²) in [5, 5.41) is 3.55. The zero-order valence-electron chi connectivity index (χ0n) is 21.3. The molecule has 1 aliphatic rings. The van der Waals surface area contributed by atoms with Crippen LogP contribution in [-0.2, 0) is 44.0 Å². The molecule has 1 amide bonds. The largest absolute Gasteiger partial charge is 0.416 e. The number of halogens is 3. The van der Waals surface area contributed by atoms with Gasteiger partial charge in [0.2, 0.25) is 26.0 Å². The first kappa shape index (κ1) is 29.7. The summed E-state index contributed by atoms with van der Waals surface area (Å²) >= 11 is 0. The SMILES string of the molecule is C=CS(=O)(=O)NC[C@H]1CCN(S(=O)(=O)c2ccc(CC(=O)NCCn3cnc4cc(C(F)(F)F)ccc43)cc2)C1. The zero-order valence-corrected chi connectivity index (χ0v) is 22.9. The molecule has 2 aromatic carbocycles. The van der Waals surface area contributed by atoms with Crippen LogP contribution in [0.3, 0.4) is 0 Å². The lowest BCUT2D eigenvalue weighted by Crippen LogP contribution is -2.32. The van der Waals surface area contributed by atoms with E-state index < -0.39 is 31.8 Å². The predicted molar refractivity (Wildman–Crippen MR) is 142 cm³/mol. The van der Waals surface area contributed by atoms with E-state index in [0.29, 0.717) is 24.0 Å². The number of hydrogen-bond donors (Lipinski definition) is 2. The average molecular weight is 600 g/mol. The van der Waals surface area contributed by atoms with Gasteiger partial charge in [0.15, 0.2) is 0 Å². The van der Waals surface area contributed by atoms with Gasteiger partial charge >= 0.3 is 6.18 Å². The molecule has 4 rings (SSSR count). The molecule has 1 atom stereocenters. The number of sulfonamides is 2. The number of benzene rings is 2.